The average Bonchev–Trinajstić information content (AvgIpc) is 2.98. The molecule has 0 radical (unpaired) electrons. The van der Waals surface area contributed by atoms with Gasteiger partial charge in [0, 0.05) is 20.2 Å². The molecule has 8 heteroatoms. The second-order valence-corrected chi connectivity index (χ2v) is 4.71. The van der Waals surface area contributed by atoms with Crippen molar-refractivity contribution in [1.29, 1.82) is 0 Å². The van der Waals surface area contributed by atoms with Gasteiger partial charge in [0.2, 0.25) is 11.8 Å². The molecule has 1 saturated heterocycles. The molecular formula is C12H19N5O3. The van der Waals surface area contributed by atoms with Gasteiger partial charge in [0.05, 0.1) is 17.6 Å². The topological polar surface area (TPSA) is 93.4 Å². The zero-order chi connectivity index (χ0) is 14.5. The number of likely N-dealkylation sites (N-methyl/N-ethyl adjacent to an activating group) is 1. The van der Waals surface area contributed by atoms with E-state index in [1.54, 1.807) is 7.05 Å². The molecule has 1 aliphatic rings. The van der Waals surface area contributed by atoms with Crippen molar-refractivity contribution >= 4 is 17.5 Å². The van der Waals surface area contributed by atoms with E-state index >= 15 is 0 Å². The van der Waals surface area contributed by atoms with Crippen LogP contribution in [0.1, 0.15) is 19.8 Å². The van der Waals surface area contributed by atoms with Crippen molar-refractivity contribution in [2.24, 2.45) is 0 Å². The molecule has 1 N–H and O–H groups in total. The van der Waals surface area contributed by atoms with Crippen molar-refractivity contribution in [2.45, 2.75) is 25.8 Å². The summed E-state index contributed by atoms with van der Waals surface area (Å²) >= 11 is 0. The lowest BCUT2D eigenvalue weighted by molar-refractivity contribution is -0.384. The molecule has 0 spiro atoms. The Balaban J connectivity index is 2.27. The molecule has 1 aliphatic heterocycles. The van der Waals surface area contributed by atoms with Gasteiger partial charge in [-0.05, 0) is 12.8 Å². The van der Waals surface area contributed by atoms with Crippen LogP contribution in [0.25, 0.3) is 0 Å². The summed E-state index contributed by atoms with van der Waals surface area (Å²) in [6.45, 7) is 4.00. The maximum atomic E-state index is 11.1. The molecular weight excluding hydrogens is 262 g/mol. The van der Waals surface area contributed by atoms with Gasteiger partial charge < -0.3 is 15.0 Å². The van der Waals surface area contributed by atoms with Gasteiger partial charge in [-0.15, -0.1) is 0 Å². The number of ether oxygens (including phenoxy) is 1. The van der Waals surface area contributed by atoms with Crippen molar-refractivity contribution in [3.05, 3.63) is 16.3 Å². The number of rotatable bonds is 6. The third kappa shape index (κ3) is 3.13. The molecule has 0 aromatic carbocycles. The van der Waals surface area contributed by atoms with Crippen molar-refractivity contribution in [1.82, 2.24) is 9.97 Å². The molecule has 1 aromatic rings. The molecule has 1 aromatic heterocycles. The van der Waals surface area contributed by atoms with Crippen LogP contribution >= 0.6 is 0 Å². The molecule has 110 valence electrons. The van der Waals surface area contributed by atoms with Crippen LogP contribution < -0.4 is 10.2 Å². The monoisotopic (exact) mass is 281 g/mol. The number of hydrogen-bond donors (Lipinski definition) is 1. The van der Waals surface area contributed by atoms with Gasteiger partial charge in [-0.2, -0.15) is 4.98 Å². The molecule has 1 unspecified atom stereocenters. The van der Waals surface area contributed by atoms with Crippen molar-refractivity contribution in [3.8, 4) is 0 Å². The predicted molar refractivity (Wildman–Crippen MR) is 75.1 cm³/mol. The second-order valence-electron chi connectivity index (χ2n) is 4.71. The largest absolute Gasteiger partial charge is 0.379 e. The summed E-state index contributed by atoms with van der Waals surface area (Å²) in [6.07, 6.45) is 3.03. The lowest BCUT2D eigenvalue weighted by atomic mass is 10.2. The van der Waals surface area contributed by atoms with Gasteiger partial charge in [-0.3, -0.25) is 10.1 Å². The van der Waals surface area contributed by atoms with E-state index in [9.17, 15) is 10.1 Å². The van der Waals surface area contributed by atoms with Crippen LogP contribution in [0.3, 0.4) is 0 Å². The minimum atomic E-state index is -0.453. The summed E-state index contributed by atoms with van der Waals surface area (Å²) in [6, 6.07) is 0.114. The zero-order valence-electron chi connectivity index (χ0n) is 11.7. The third-order valence-corrected chi connectivity index (χ3v) is 3.27. The first kappa shape index (κ1) is 14.4. The molecule has 0 bridgehead atoms. The standard InChI is InChI=1S/C12H19N5O3/c1-3-5-13-12-14-7-10(17(18)19)11(15-12)16(2)9-4-6-20-8-9/h7,9H,3-6,8H2,1-2H3,(H,13,14,15). The van der Waals surface area contributed by atoms with Gasteiger partial charge >= 0.3 is 5.69 Å². The number of anilines is 2. The quantitative estimate of drug-likeness (QED) is 0.622. The van der Waals surface area contributed by atoms with E-state index in [1.807, 2.05) is 11.8 Å². The summed E-state index contributed by atoms with van der Waals surface area (Å²) in [4.78, 5) is 20.7. The van der Waals surface area contributed by atoms with E-state index in [0.29, 0.717) is 25.0 Å². The maximum Gasteiger partial charge on any atom is 0.329 e. The Bertz CT molecular complexity index is 476. The highest BCUT2D eigenvalue weighted by molar-refractivity contribution is 5.59. The van der Waals surface area contributed by atoms with Crippen molar-refractivity contribution < 1.29 is 9.66 Å². The van der Waals surface area contributed by atoms with E-state index in [2.05, 4.69) is 15.3 Å². The van der Waals surface area contributed by atoms with Gasteiger partial charge in [-0.25, -0.2) is 4.98 Å². The highest BCUT2D eigenvalue weighted by Crippen LogP contribution is 2.28. The first-order valence-electron chi connectivity index (χ1n) is 6.69. The number of hydrogen-bond acceptors (Lipinski definition) is 7. The summed E-state index contributed by atoms with van der Waals surface area (Å²) < 4.78 is 5.32. The van der Waals surface area contributed by atoms with Crippen molar-refractivity contribution in [2.75, 3.05) is 37.0 Å². The summed E-state index contributed by atoms with van der Waals surface area (Å²) in [5.41, 5.74) is -0.0820. The molecule has 20 heavy (non-hydrogen) atoms. The minimum absolute atomic E-state index is 0.0820. The molecule has 0 saturated carbocycles. The number of nitro groups is 1. The summed E-state index contributed by atoms with van der Waals surface area (Å²) in [7, 11) is 1.80. The first-order chi connectivity index (χ1) is 9.63. The van der Waals surface area contributed by atoms with Gasteiger partial charge in [0.1, 0.15) is 6.20 Å². The Kier molecular flexibility index (Phi) is 4.67. The van der Waals surface area contributed by atoms with Gasteiger partial charge in [-0.1, -0.05) is 6.92 Å². The minimum Gasteiger partial charge on any atom is -0.379 e. The Morgan fingerprint density at radius 1 is 1.65 bits per heavy atom. The number of nitrogens with one attached hydrogen (secondary N) is 1. The van der Waals surface area contributed by atoms with Gasteiger partial charge in [0.15, 0.2) is 0 Å². The van der Waals surface area contributed by atoms with Crippen LogP contribution in [-0.2, 0) is 4.74 Å². The van der Waals surface area contributed by atoms with Crippen LogP contribution in [-0.4, -0.2) is 47.7 Å². The summed E-state index contributed by atoms with van der Waals surface area (Å²) in [5, 5.41) is 14.2. The predicted octanol–water partition coefficient (Wildman–Crippen LogP) is 1.43. The maximum absolute atomic E-state index is 11.1. The fraction of sp³-hybridized carbons (Fsp3) is 0.667. The SMILES string of the molecule is CCCNc1ncc([N+](=O)[O-])c(N(C)C2CCOC2)n1. The van der Waals surface area contributed by atoms with Crippen LogP contribution in [0.5, 0.6) is 0 Å². The number of nitrogens with zero attached hydrogens (tertiary/aromatic N) is 4. The highest BCUT2D eigenvalue weighted by atomic mass is 16.6. The molecule has 1 atom stereocenters. The Hall–Kier alpha value is -1.96. The van der Waals surface area contributed by atoms with E-state index in [1.165, 1.54) is 6.20 Å². The molecule has 2 heterocycles. The molecule has 0 aliphatic carbocycles. The van der Waals surface area contributed by atoms with E-state index in [-0.39, 0.29) is 11.7 Å². The van der Waals surface area contributed by atoms with Crippen molar-refractivity contribution in [3.63, 3.8) is 0 Å². The molecule has 8 nitrogen and oxygen atoms in total. The number of aromatic nitrogens is 2. The van der Waals surface area contributed by atoms with Crippen LogP contribution in [0.15, 0.2) is 6.20 Å². The fourth-order valence-electron chi connectivity index (χ4n) is 2.08. The van der Waals surface area contributed by atoms with Crippen LogP contribution in [0.2, 0.25) is 0 Å². The summed E-state index contributed by atoms with van der Waals surface area (Å²) in [5.74, 6) is 0.748. The lowest BCUT2D eigenvalue weighted by Gasteiger charge is -2.24. The van der Waals surface area contributed by atoms with E-state index in [4.69, 9.17) is 4.74 Å². The molecule has 2 rings (SSSR count). The van der Waals surface area contributed by atoms with Crippen LogP contribution in [0.4, 0.5) is 17.5 Å². The normalized spacial score (nSPS) is 18.0. The van der Waals surface area contributed by atoms with E-state index in [0.717, 1.165) is 19.4 Å². The molecule has 0 amide bonds. The fourth-order valence-corrected chi connectivity index (χ4v) is 2.08. The first-order valence-corrected chi connectivity index (χ1v) is 6.69. The van der Waals surface area contributed by atoms with Gasteiger partial charge in [0.25, 0.3) is 0 Å². The molecule has 1 fully saturated rings. The van der Waals surface area contributed by atoms with Crippen LogP contribution in [0, 0.1) is 10.1 Å². The lowest BCUT2D eigenvalue weighted by Crippen LogP contribution is -2.33. The Labute approximate surface area is 117 Å². The zero-order valence-corrected chi connectivity index (χ0v) is 11.7. The Morgan fingerprint density at radius 3 is 3.05 bits per heavy atom. The third-order valence-electron chi connectivity index (χ3n) is 3.27. The average molecular weight is 281 g/mol. The smallest absolute Gasteiger partial charge is 0.329 e. The highest BCUT2D eigenvalue weighted by Gasteiger charge is 2.28. The Morgan fingerprint density at radius 2 is 2.45 bits per heavy atom. The van der Waals surface area contributed by atoms with E-state index < -0.39 is 4.92 Å². The second kappa shape index (κ2) is 6.47.